The van der Waals surface area contributed by atoms with E-state index in [0.717, 1.165) is 50.7 Å². The highest BCUT2D eigenvalue weighted by Gasteiger charge is 2.21. The number of amides is 1. The van der Waals surface area contributed by atoms with E-state index in [1.54, 1.807) is 6.07 Å². The first-order chi connectivity index (χ1) is 14.5. The van der Waals surface area contributed by atoms with Crippen molar-refractivity contribution in [1.29, 1.82) is 0 Å². The van der Waals surface area contributed by atoms with Crippen molar-refractivity contribution in [3.8, 4) is 0 Å². The second-order valence-electron chi connectivity index (χ2n) is 7.71. The van der Waals surface area contributed by atoms with Gasteiger partial charge in [0.15, 0.2) is 11.7 Å². The number of aliphatic imine (C=N–C) groups is 1. The third kappa shape index (κ3) is 5.14. The maximum Gasteiger partial charge on any atom is 0.287 e. The lowest BCUT2D eigenvalue weighted by atomic mass is 10.1. The molecular weight excluding hydrogens is 378 g/mol. The highest BCUT2D eigenvalue weighted by Crippen LogP contribution is 2.23. The number of piperazine rings is 1. The van der Waals surface area contributed by atoms with E-state index in [-0.39, 0.29) is 5.91 Å². The molecule has 0 bridgehead atoms. The smallest absolute Gasteiger partial charge is 0.287 e. The maximum absolute atomic E-state index is 12.1. The molecular formula is C23H33N5O2. The predicted molar refractivity (Wildman–Crippen MR) is 121 cm³/mol. The first-order valence-corrected chi connectivity index (χ1v) is 10.6. The molecule has 1 fully saturated rings. The molecule has 0 radical (unpaired) electrons. The fourth-order valence-electron chi connectivity index (χ4n) is 3.75. The Hall–Kier alpha value is -2.96. The maximum atomic E-state index is 12.1. The molecule has 1 aliphatic rings. The van der Waals surface area contributed by atoms with E-state index in [1.165, 1.54) is 23.1 Å². The van der Waals surface area contributed by atoms with Gasteiger partial charge in [0.2, 0.25) is 0 Å². The Morgan fingerprint density at radius 3 is 2.43 bits per heavy atom. The van der Waals surface area contributed by atoms with Gasteiger partial charge in [-0.3, -0.25) is 9.79 Å². The third-order valence-corrected chi connectivity index (χ3v) is 5.70. The summed E-state index contributed by atoms with van der Waals surface area (Å²) in [7, 11) is 1.82. The van der Waals surface area contributed by atoms with Crippen molar-refractivity contribution in [3.05, 3.63) is 53.0 Å². The highest BCUT2D eigenvalue weighted by molar-refractivity contribution is 5.92. The van der Waals surface area contributed by atoms with Gasteiger partial charge < -0.3 is 24.9 Å². The van der Waals surface area contributed by atoms with E-state index < -0.39 is 0 Å². The summed E-state index contributed by atoms with van der Waals surface area (Å²) < 4.78 is 5.22. The fourth-order valence-corrected chi connectivity index (χ4v) is 3.75. The topological polar surface area (TPSA) is 73.1 Å². The lowest BCUT2D eigenvalue weighted by Crippen LogP contribution is -2.53. The van der Waals surface area contributed by atoms with Crippen molar-refractivity contribution < 1.29 is 9.21 Å². The van der Waals surface area contributed by atoms with Gasteiger partial charge in [-0.15, -0.1) is 0 Å². The largest absolute Gasteiger partial charge is 0.459 e. The minimum atomic E-state index is -0.163. The molecule has 0 atom stereocenters. The number of anilines is 1. The van der Waals surface area contributed by atoms with Gasteiger partial charge in [0.25, 0.3) is 5.91 Å². The van der Waals surface area contributed by atoms with Crippen LogP contribution < -0.4 is 15.5 Å². The molecule has 0 aliphatic carbocycles. The Balaban J connectivity index is 1.40. The molecule has 2 N–H and O–H groups in total. The van der Waals surface area contributed by atoms with Crippen LogP contribution in [0.15, 0.2) is 39.9 Å². The molecule has 2 aromatic rings. The van der Waals surface area contributed by atoms with Crippen LogP contribution in [0.2, 0.25) is 0 Å². The first kappa shape index (κ1) is 21.7. The van der Waals surface area contributed by atoms with Crippen LogP contribution in [0.5, 0.6) is 0 Å². The van der Waals surface area contributed by atoms with Gasteiger partial charge in [-0.1, -0.05) is 12.1 Å². The van der Waals surface area contributed by atoms with Crippen LogP contribution >= 0.6 is 0 Å². The molecule has 1 saturated heterocycles. The van der Waals surface area contributed by atoms with Crippen molar-refractivity contribution in [2.24, 2.45) is 4.99 Å². The average molecular weight is 412 g/mol. The summed E-state index contributed by atoms with van der Waals surface area (Å²) in [6.45, 7) is 11.4. The molecule has 0 spiro atoms. The average Bonchev–Trinajstić information content (AvgIpc) is 3.19. The minimum Gasteiger partial charge on any atom is -0.459 e. The zero-order valence-electron chi connectivity index (χ0n) is 18.5. The molecule has 162 valence electrons. The molecule has 1 aromatic heterocycles. The van der Waals surface area contributed by atoms with Crippen LogP contribution in [0.4, 0.5) is 5.69 Å². The van der Waals surface area contributed by atoms with Crippen LogP contribution in [0.25, 0.3) is 0 Å². The van der Waals surface area contributed by atoms with Gasteiger partial charge in [0.05, 0.1) is 6.26 Å². The van der Waals surface area contributed by atoms with Crippen molar-refractivity contribution >= 4 is 17.6 Å². The normalized spacial score (nSPS) is 14.7. The molecule has 1 aliphatic heterocycles. The number of furan rings is 1. The van der Waals surface area contributed by atoms with Gasteiger partial charge in [-0.05, 0) is 50.5 Å². The Labute approximate surface area is 179 Å². The van der Waals surface area contributed by atoms with Crippen LogP contribution in [0.3, 0.4) is 0 Å². The van der Waals surface area contributed by atoms with Gasteiger partial charge in [0.1, 0.15) is 0 Å². The van der Waals surface area contributed by atoms with E-state index in [2.05, 4.69) is 57.5 Å². The second kappa shape index (κ2) is 10.2. The summed E-state index contributed by atoms with van der Waals surface area (Å²) in [6, 6.07) is 8.31. The number of aryl methyl sites for hydroxylation is 2. The Bertz CT molecular complexity index is 881. The number of carbonyl (C=O) groups excluding carboxylic acids is 1. The molecule has 1 amide bonds. The molecule has 2 heterocycles. The van der Waals surface area contributed by atoms with Gasteiger partial charge in [-0.25, -0.2) is 0 Å². The quantitative estimate of drug-likeness (QED) is 0.434. The van der Waals surface area contributed by atoms with E-state index in [4.69, 9.17) is 4.42 Å². The first-order valence-electron chi connectivity index (χ1n) is 10.6. The molecule has 7 nitrogen and oxygen atoms in total. The number of nitrogens with one attached hydrogen (secondary N) is 2. The summed E-state index contributed by atoms with van der Waals surface area (Å²) in [5.41, 5.74) is 4.88. The number of hydrogen-bond donors (Lipinski definition) is 2. The number of carbonyl (C=O) groups is 1. The number of benzene rings is 1. The Morgan fingerprint density at radius 1 is 1.03 bits per heavy atom. The van der Waals surface area contributed by atoms with E-state index >= 15 is 0 Å². The molecule has 1 aromatic carbocycles. The zero-order valence-corrected chi connectivity index (χ0v) is 18.5. The molecule has 3 rings (SSSR count). The molecule has 0 saturated carbocycles. The highest BCUT2D eigenvalue weighted by atomic mass is 16.3. The van der Waals surface area contributed by atoms with Crippen molar-refractivity contribution in [2.75, 3.05) is 51.2 Å². The number of hydrogen-bond acceptors (Lipinski definition) is 4. The summed E-state index contributed by atoms with van der Waals surface area (Å²) in [5, 5.41) is 6.31. The SMILES string of the molecule is CN=C(NCCCNC(=O)c1occc1C)N1CCN(c2cccc(C)c2C)CC1. The summed E-state index contributed by atoms with van der Waals surface area (Å²) in [4.78, 5) is 21.2. The van der Waals surface area contributed by atoms with E-state index in [1.807, 2.05) is 14.0 Å². The number of guanidine groups is 1. The number of nitrogens with zero attached hydrogens (tertiary/aromatic N) is 3. The third-order valence-electron chi connectivity index (χ3n) is 5.70. The second-order valence-corrected chi connectivity index (χ2v) is 7.71. The zero-order chi connectivity index (χ0) is 21.5. The van der Waals surface area contributed by atoms with E-state index in [9.17, 15) is 4.79 Å². The fraction of sp³-hybridized carbons (Fsp3) is 0.478. The Morgan fingerprint density at radius 2 is 1.77 bits per heavy atom. The lowest BCUT2D eigenvalue weighted by molar-refractivity contribution is 0.0925. The molecule has 7 heteroatoms. The van der Waals surface area contributed by atoms with Crippen LogP contribution in [-0.4, -0.2) is 63.1 Å². The van der Waals surface area contributed by atoms with Crippen LogP contribution in [-0.2, 0) is 0 Å². The summed E-state index contributed by atoms with van der Waals surface area (Å²) >= 11 is 0. The van der Waals surface area contributed by atoms with Gasteiger partial charge in [0, 0.05) is 57.6 Å². The van der Waals surface area contributed by atoms with Gasteiger partial charge >= 0.3 is 0 Å². The Kier molecular flexibility index (Phi) is 7.38. The van der Waals surface area contributed by atoms with Crippen LogP contribution in [0, 0.1) is 20.8 Å². The predicted octanol–water partition coefficient (Wildman–Crippen LogP) is 2.72. The number of rotatable bonds is 6. The van der Waals surface area contributed by atoms with Gasteiger partial charge in [-0.2, -0.15) is 0 Å². The summed E-state index contributed by atoms with van der Waals surface area (Å²) in [5.74, 6) is 1.15. The summed E-state index contributed by atoms with van der Waals surface area (Å²) in [6.07, 6.45) is 2.35. The van der Waals surface area contributed by atoms with Crippen LogP contribution in [0.1, 0.15) is 33.7 Å². The molecule has 0 unspecified atom stereocenters. The van der Waals surface area contributed by atoms with Crippen molar-refractivity contribution in [3.63, 3.8) is 0 Å². The molecule has 30 heavy (non-hydrogen) atoms. The monoisotopic (exact) mass is 411 g/mol. The minimum absolute atomic E-state index is 0.163. The van der Waals surface area contributed by atoms with E-state index in [0.29, 0.717) is 12.3 Å². The standard InChI is InChI=1S/C23H33N5O2/c1-17-7-5-8-20(19(17)3)27-12-14-28(15-13-27)23(24-4)26-11-6-10-25-22(29)21-18(2)9-16-30-21/h5,7-9,16H,6,10-15H2,1-4H3,(H,24,26)(H,25,29). The lowest BCUT2D eigenvalue weighted by Gasteiger charge is -2.38. The van der Waals surface area contributed by atoms with Crippen molar-refractivity contribution in [1.82, 2.24) is 15.5 Å². The van der Waals surface area contributed by atoms with Crippen molar-refractivity contribution in [2.45, 2.75) is 27.2 Å².